The molecule has 11 heavy (non-hydrogen) atoms. The number of hydrogen-bond donors (Lipinski definition) is 1. The number of rotatable bonds is 1. The molecular weight excluding hydrogens is 215 g/mol. The molecule has 0 bridgehead atoms. The summed E-state index contributed by atoms with van der Waals surface area (Å²) in [6.07, 6.45) is 0.931. The Bertz CT molecular complexity index is 290. The maximum absolute atomic E-state index is 12.7. The lowest BCUT2D eigenvalue weighted by atomic mass is 10.3. The van der Waals surface area contributed by atoms with E-state index in [1.807, 2.05) is 0 Å². The highest BCUT2D eigenvalue weighted by Crippen LogP contribution is 2.08. The zero-order chi connectivity index (χ0) is 8.27. The molecule has 0 fully saturated rings. The Labute approximate surface area is 70.7 Å². The maximum atomic E-state index is 12.7. The third kappa shape index (κ3) is 1.98. The summed E-state index contributed by atoms with van der Waals surface area (Å²) in [4.78, 5) is 3.69. The summed E-state index contributed by atoms with van der Waals surface area (Å²) in [5, 5.41) is 10.7. The highest BCUT2D eigenvalue weighted by molar-refractivity contribution is 9.10. The average molecular weight is 219 g/mol. The van der Waals surface area contributed by atoms with E-state index in [1.165, 1.54) is 12.1 Å². The van der Waals surface area contributed by atoms with Gasteiger partial charge in [-0.2, -0.15) is 0 Å². The molecule has 58 valence electrons. The second-order valence-corrected chi connectivity index (χ2v) is 2.56. The molecule has 0 spiro atoms. The van der Waals surface area contributed by atoms with Gasteiger partial charge < -0.3 is 5.21 Å². The molecule has 1 heterocycles. The van der Waals surface area contributed by atoms with Crippen LogP contribution in [0.3, 0.4) is 0 Å². The van der Waals surface area contributed by atoms with Crippen molar-refractivity contribution < 1.29 is 9.60 Å². The summed E-state index contributed by atoms with van der Waals surface area (Å²) in [5.74, 6) is -0.522. The highest BCUT2D eigenvalue weighted by atomic mass is 79.9. The van der Waals surface area contributed by atoms with Crippen LogP contribution in [0.1, 0.15) is 5.69 Å². The first-order valence-electron chi connectivity index (χ1n) is 2.73. The summed E-state index contributed by atoms with van der Waals surface area (Å²) in [6.45, 7) is 0. The summed E-state index contributed by atoms with van der Waals surface area (Å²) in [7, 11) is 0. The largest absolute Gasteiger partial charge is 0.411 e. The lowest BCUT2D eigenvalue weighted by Crippen LogP contribution is -1.92. The molecule has 1 aromatic rings. The molecule has 0 amide bonds. The summed E-state index contributed by atoms with van der Waals surface area (Å²) < 4.78 is 13.2. The standard InChI is InChI=1S/C6H4BrFN2O/c7-6-2-1-4(8)5(10-6)3-9-11/h1-3,11H. The Kier molecular flexibility index (Phi) is 2.53. The minimum absolute atomic E-state index is 0.00174. The van der Waals surface area contributed by atoms with E-state index in [2.05, 4.69) is 26.1 Å². The van der Waals surface area contributed by atoms with E-state index in [-0.39, 0.29) is 5.69 Å². The number of aromatic nitrogens is 1. The van der Waals surface area contributed by atoms with Gasteiger partial charge in [-0.25, -0.2) is 9.37 Å². The van der Waals surface area contributed by atoms with Crippen molar-refractivity contribution >= 4 is 22.1 Å². The van der Waals surface area contributed by atoms with E-state index in [0.29, 0.717) is 4.60 Å². The second kappa shape index (κ2) is 3.43. The molecule has 1 N–H and O–H groups in total. The molecule has 3 nitrogen and oxygen atoms in total. The van der Waals surface area contributed by atoms with E-state index < -0.39 is 5.82 Å². The third-order valence-corrected chi connectivity index (χ3v) is 1.46. The quantitative estimate of drug-likeness (QED) is 0.338. The molecule has 0 saturated carbocycles. The first-order chi connectivity index (χ1) is 5.24. The predicted octanol–water partition coefficient (Wildman–Crippen LogP) is 1.79. The molecule has 5 heteroatoms. The average Bonchev–Trinajstić information content (AvgIpc) is 1.98. The molecule has 1 rings (SSSR count). The van der Waals surface area contributed by atoms with Gasteiger partial charge in [0.15, 0.2) is 5.82 Å². The topological polar surface area (TPSA) is 45.5 Å². The zero-order valence-electron chi connectivity index (χ0n) is 5.33. The smallest absolute Gasteiger partial charge is 0.150 e. The normalized spacial score (nSPS) is 10.7. The summed E-state index contributed by atoms with van der Waals surface area (Å²) in [5.41, 5.74) is 0.00174. The zero-order valence-corrected chi connectivity index (χ0v) is 6.92. The molecule has 1 aromatic heterocycles. The molecule has 0 atom stereocenters. The van der Waals surface area contributed by atoms with Crippen LogP contribution in [0.5, 0.6) is 0 Å². The van der Waals surface area contributed by atoms with Crippen LogP contribution in [-0.4, -0.2) is 16.4 Å². The Hall–Kier alpha value is -0.970. The van der Waals surface area contributed by atoms with Gasteiger partial charge in [0.25, 0.3) is 0 Å². The van der Waals surface area contributed by atoms with Crippen LogP contribution < -0.4 is 0 Å². The number of hydrogen-bond acceptors (Lipinski definition) is 3. The van der Waals surface area contributed by atoms with Crippen molar-refractivity contribution in [2.24, 2.45) is 5.16 Å². The van der Waals surface area contributed by atoms with Gasteiger partial charge in [-0.1, -0.05) is 5.16 Å². The fraction of sp³-hybridized carbons (Fsp3) is 0. The molecule has 0 unspecified atom stereocenters. The van der Waals surface area contributed by atoms with Crippen molar-refractivity contribution in [1.82, 2.24) is 4.98 Å². The van der Waals surface area contributed by atoms with Gasteiger partial charge in [0.1, 0.15) is 10.3 Å². The van der Waals surface area contributed by atoms with E-state index >= 15 is 0 Å². The molecule has 0 aliphatic carbocycles. The van der Waals surface area contributed by atoms with Crippen LogP contribution in [0, 0.1) is 5.82 Å². The number of pyridine rings is 1. The molecular formula is C6H4BrFN2O. The first-order valence-corrected chi connectivity index (χ1v) is 3.53. The molecule has 0 aliphatic rings. The third-order valence-electron chi connectivity index (χ3n) is 1.02. The van der Waals surface area contributed by atoms with Crippen LogP contribution >= 0.6 is 15.9 Å². The van der Waals surface area contributed by atoms with Crippen molar-refractivity contribution in [3.63, 3.8) is 0 Å². The summed E-state index contributed by atoms with van der Waals surface area (Å²) in [6, 6.07) is 2.69. The van der Waals surface area contributed by atoms with Crippen molar-refractivity contribution in [3.05, 3.63) is 28.2 Å². The monoisotopic (exact) mass is 218 g/mol. The van der Waals surface area contributed by atoms with Crippen molar-refractivity contribution in [3.8, 4) is 0 Å². The van der Waals surface area contributed by atoms with Crippen molar-refractivity contribution in [1.29, 1.82) is 0 Å². The minimum atomic E-state index is -0.522. The van der Waals surface area contributed by atoms with Crippen LogP contribution in [0.4, 0.5) is 4.39 Å². The molecule has 0 radical (unpaired) electrons. The second-order valence-electron chi connectivity index (χ2n) is 1.75. The molecule has 0 saturated heterocycles. The van der Waals surface area contributed by atoms with Gasteiger partial charge >= 0.3 is 0 Å². The lowest BCUT2D eigenvalue weighted by molar-refractivity contribution is 0.321. The molecule has 0 aliphatic heterocycles. The Morgan fingerprint density at radius 1 is 1.64 bits per heavy atom. The number of oxime groups is 1. The van der Waals surface area contributed by atoms with E-state index in [9.17, 15) is 4.39 Å². The number of nitrogens with zero attached hydrogens (tertiary/aromatic N) is 2. The molecule has 0 aromatic carbocycles. The first kappa shape index (κ1) is 8.13. The van der Waals surface area contributed by atoms with Crippen LogP contribution in [0.25, 0.3) is 0 Å². The predicted molar refractivity (Wildman–Crippen MR) is 41.3 cm³/mol. The van der Waals surface area contributed by atoms with E-state index in [4.69, 9.17) is 5.21 Å². The highest BCUT2D eigenvalue weighted by Gasteiger charge is 2.00. The van der Waals surface area contributed by atoms with Gasteiger partial charge in [-0.3, -0.25) is 0 Å². The van der Waals surface area contributed by atoms with Crippen LogP contribution in [0.15, 0.2) is 21.9 Å². The van der Waals surface area contributed by atoms with E-state index in [0.717, 1.165) is 6.21 Å². The summed E-state index contributed by atoms with van der Waals surface area (Å²) >= 11 is 3.05. The van der Waals surface area contributed by atoms with Gasteiger partial charge in [0, 0.05) is 0 Å². The van der Waals surface area contributed by atoms with Gasteiger partial charge in [-0.05, 0) is 28.1 Å². The fourth-order valence-electron chi connectivity index (χ4n) is 0.578. The Balaban J connectivity index is 3.12. The SMILES string of the molecule is ON=Cc1nc(Br)ccc1F. The lowest BCUT2D eigenvalue weighted by Gasteiger charge is -1.93. The Morgan fingerprint density at radius 2 is 2.36 bits per heavy atom. The maximum Gasteiger partial charge on any atom is 0.150 e. The van der Waals surface area contributed by atoms with Crippen LogP contribution in [-0.2, 0) is 0 Å². The van der Waals surface area contributed by atoms with Gasteiger partial charge in [-0.15, -0.1) is 0 Å². The van der Waals surface area contributed by atoms with Crippen molar-refractivity contribution in [2.75, 3.05) is 0 Å². The van der Waals surface area contributed by atoms with E-state index in [1.54, 1.807) is 0 Å². The van der Waals surface area contributed by atoms with Gasteiger partial charge in [0.05, 0.1) is 6.21 Å². The van der Waals surface area contributed by atoms with Gasteiger partial charge in [0.2, 0.25) is 0 Å². The number of halogens is 2. The fourth-order valence-corrected chi connectivity index (χ4v) is 0.901. The Morgan fingerprint density at radius 3 is 3.00 bits per heavy atom. The minimum Gasteiger partial charge on any atom is -0.411 e. The van der Waals surface area contributed by atoms with Crippen LogP contribution in [0.2, 0.25) is 0 Å². The van der Waals surface area contributed by atoms with Crippen molar-refractivity contribution in [2.45, 2.75) is 0 Å².